The maximum atomic E-state index is 12.6. The van der Waals surface area contributed by atoms with Crippen LogP contribution in [-0.2, 0) is 6.18 Å². The van der Waals surface area contributed by atoms with Crippen LogP contribution < -0.4 is 10.1 Å². The standard InChI is InChI=1S/C15H16ClF3N4O2/c1-7(2)21-14(24)23-9(4)8(3)12(22-23)25-13-11(16)5-10(6-20-13)15(17,18)19/h5-7H,1-4H3,(H,21,24). The first-order chi connectivity index (χ1) is 11.5. The lowest BCUT2D eigenvalue weighted by Crippen LogP contribution is -2.35. The molecule has 0 aromatic carbocycles. The molecule has 0 spiro atoms. The molecule has 136 valence electrons. The third-order valence-electron chi connectivity index (χ3n) is 3.30. The third-order valence-corrected chi connectivity index (χ3v) is 3.58. The molecule has 6 nitrogen and oxygen atoms in total. The topological polar surface area (TPSA) is 69.0 Å². The van der Waals surface area contributed by atoms with Gasteiger partial charge in [-0.1, -0.05) is 11.6 Å². The summed E-state index contributed by atoms with van der Waals surface area (Å²) in [7, 11) is 0. The average Bonchev–Trinajstić information content (AvgIpc) is 2.76. The van der Waals surface area contributed by atoms with Gasteiger partial charge in [0.05, 0.1) is 11.3 Å². The second kappa shape index (κ2) is 6.91. The summed E-state index contributed by atoms with van der Waals surface area (Å²) < 4.78 is 44.4. The molecule has 0 unspecified atom stereocenters. The van der Waals surface area contributed by atoms with Crippen molar-refractivity contribution in [3.8, 4) is 11.8 Å². The van der Waals surface area contributed by atoms with Gasteiger partial charge in [-0.3, -0.25) is 0 Å². The number of amides is 1. The first-order valence-corrected chi connectivity index (χ1v) is 7.66. The zero-order chi connectivity index (χ0) is 18.9. The number of ether oxygens (including phenoxy) is 1. The number of carbonyl (C=O) groups is 1. The van der Waals surface area contributed by atoms with Crippen molar-refractivity contribution in [2.24, 2.45) is 0 Å². The highest BCUT2D eigenvalue weighted by Crippen LogP contribution is 2.35. The molecule has 0 saturated heterocycles. The molecule has 2 heterocycles. The average molecular weight is 377 g/mol. The summed E-state index contributed by atoms with van der Waals surface area (Å²) in [4.78, 5) is 15.7. The molecule has 0 aliphatic rings. The number of carbonyl (C=O) groups excluding carboxylic acids is 1. The van der Waals surface area contributed by atoms with Crippen molar-refractivity contribution in [2.75, 3.05) is 0 Å². The van der Waals surface area contributed by atoms with E-state index in [1.807, 2.05) is 0 Å². The molecule has 0 fully saturated rings. The van der Waals surface area contributed by atoms with Gasteiger partial charge in [-0.25, -0.2) is 9.78 Å². The predicted molar refractivity (Wildman–Crippen MR) is 85.1 cm³/mol. The zero-order valence-electron chi connectivity index (χ0n) is 13.9. The molecule has 0 atom stereocenters. The molecule has 25 heavy (non-hydrogen) atoms. The Morgan fingerprint density at radius 2 is 1.96 bits per heavy atom. The largest absolute Gasteiger partial charge is 0.417 e. The van der Waals surface area contributed by atoms with Crippen LogP contribution in [0.25, 0.3) is 0 Å². The molecule has 0 aliphatic heterocycles. The quantitative estimate of drug-likeness (QED) is 0.865. The van der Waals surface area contributed by atoms with Gasteiger partial charge in [-0.15, -0.1) is 5.10 Å². The molecule has 2 rings (SSSR count). The van der Waals surface area contributed by atoms with E-state index in [1.165, 1.54) is 0 Å². The number of pyridine rings is 1. The van der Waals surface area contributed by atoms with E-state index in [4.69, 9.17) is 16.3 Å². The van der Waals surface area contributed by atoms with Gasteiger partial charge in [-0.05, 0) is 33.8 Å². The highest BCUT2D eigenvalue weighted by Gasteiger charge is 2.32. The van der Waals surface area contributed by atoms with Gasteiger partial charge in [-0.2, -0.15) is 17.9 Å². The number of rotatable bonds is 3. The summed E-state index contributed by atoms with van der Waals surface area (Å²) in [5.41, 5.74) is 0.0763. The van der Waals surface area contributed by atoms with Crippen molar-refractivity contribution in [3.05, 3.63) is 34.1 Å². The van der Waals surface area contributed by atoms with Crippen molar-refractivity contribution >= 4 is 17.6 Å². The summed E-state index contributed by atoms with van der Waals surface area (Å²) in [6.07, 6.45) is -3.94. The van der Waals surface area contributed by atoms with Crippen LogP contribution in [0.15, 0.2) is 12.3 Å². The molecule has 0 saturated carbocycles. The number of hydrogen-bond donors (Lipinski definition) is 1. The predicted octanol–water partition coefficient (Wildman–Crippen LogP) is 4.33. The number of aromatic nitrogens is 3. The molecule has 0 bridgehead atoms. The van der Waals surface area contributed by atoms with Crippen molar-refractivity contribution in [1.82, 2.24) is 20.1 Å². The minimum absolute atomic E-state index is 0.0329. The number of hydrogen-bond acceptors (Lipinski definition) is 4. The van der Waals surface area contributed by atoms with Gasteiger partial charge >= 0.3 is 12.2 Å². The van der Waals surface area contributed by atoms with Crippen LogP contribution in [0.3, 0.4) is 0 Å². The van der Waals surface area contributed by atoms with Crippen LogP contribution in [0.4, 0.5) is 18.0 Å². The Morgan fingerprint density at radius 1 is 1.32 bits per heavy atom. The van der Waals surface area contributed by atoms with E-state index in [9.17, 15) is 18.0 Å². The van der Waals surface area contributed by atoms with E-state index < -0.39 is 17.8 Å². The molecule has 2 aromatic rings. The number of halogens is 4. The highest BCUT2D eigenvalue weighted by atomic mass is 35.5. The Bertz CT molecular complexity index is 803. The second-order valence-corrected chi connectivity index (χ2v) is 6.05. The van der Waals surface area contributed by atoms with Crippen LogP contribution in [0.5, 0.6) is 11.8 Å². The normalized spacial score (nSPS) is 11.7. The molecule has 10 heteroatoms. The van der Waals surface area contributed by atoms with Crippen LogP contribution >= 0.6 is 11.6 Å². The summed E-state index contributed by atoms with van der Waals surface area (Å²) in [5.74, 6) is -0.197. The number of alkyl halides is 3. The molecule has 0 aliphatic carbocycles. The van der Waals surface area contributed by atoms with Crippen LogP contribution in [0.1, 0.15) is 30.7 Å². The lowest BCUT2D eigenvalue weighted by molar-refractivity contribution is -0.137. The van der Waals surface area contributed by atoms with Crippen LogP contribution in [-0.4, -0.2) is 26.8 Å². The van der Waals surface area contributed by atoms with Gasteiger partial charge in [0.1, 0.15) is 5.02 Å². The number of nitrogens with zero attached hydrogens (tertiary/aromatic N) is 3. The maximum Gasteiger partial charge on any atom is 0.417 e. The molecular formula is C15H16ClF3N4O2. The van der Waals surface area contributed by atoms with Crippen molar-refractivity contribution in [3.63, 3.8) is 0 Å². The molecule has 1 amide bonds. The Balaban J connectivity index is 2.31. The minimum atomic E-state index is -4.56. The fourth-order valence-corrected chi connectivity index (χ4v) is 2.11. The Labute approximate surface area is 146 Å². The highest BCUT2D eigenvalue weighted by molar-refractivity contribution is 6.31. The van der Waals surface area contributed by atoms with Gasteiger partial charge in [0.2, 0.25) is 11.8 Å². The molecule has 1 N–H and O–H groups in total. The van der Waals surface area contributed by atoms with Gasteiger partial charge in [0, 0.05) is 17.8 Å². The van der Waals surface area contributed by atoms with Crippen molar-refractivity contribution in [1.29, 1.82) is 0 Å². The fourth-order valence-electron chi connectivity index (χ4n) is 1.90. The first kappa shape index (κ1) is 19.0. The van der Waals surface area contributed by atoms with Crippen LogP contribution in [0, 0.1) is 13.8 Å². The Kier molecular flexibility index (Phi) is 5.26. The zero-order valence-corrected chi connectivity index (χ0v) is 14.7. The van der Waals surface area contributed by atoms with Crippen LogP contribution in [0.2, 0.25) is 5.02 Å². The molecular weight excluding hydrogens is 361 g/mol. The van der Waals surface area contributed by atoms with Crippen molar-refractivity contribution in [2.45, 2.75) is 39.9 Å². The Morgan fingerprint density at radius 3 is 2.48 bits per heavy atom. The van der Waals surface area contributed by atoms with Crippen molar-refractivity contribution < 1.29 is 22.7 Å². The lowest BCUT2D eigenvalue weighted by atomic mass is 10.3. The summed E-state index contributed by atoms with van der Waals surface area (Å²) >= 11 is 5.81. The second-order valence-electron chi connectivity index (χ2n) is 5.64. The van der Waals surface area contributed by atoms with Gasteiger partial charge in [0.15, 0.2) is 0 Å². The summed E-state index contributed by atoms with van der Waals surface area (Å²) in [5, 5.41) is 6.40. The van der Waals surface area contributed by atoms with E-state index in [1.54, 1.807) is 27.7 Å². The van der Waals surface area contributed by atoms with E-state index in [0.29, 0.717) is 23.5 Å². The van der Waals surface area contributed by atoms with Gasteiger partial charge < -0.3 is 10.1 Å². The smallest absolute Gasteiger partial charge is 0.417 e. The minimum Gasteiger partial charge on any atom is -0.417 e. The number of nitrogens with one attached hydrogen (secondary N) is 1. The summed E-state index contributed by atoms with van der Waals surface area (Å²) in [6, 6.07) is 0.179. The van der Waals surface area contributed by atoms with E-state index >= 15 is 0 Å². The first-order valence-electron chi connectivity index (χ1n) is 7.28. The third kappa shape index (κ3) is 4.22. The Hall–Kier alpha value is -2.29. The molecule has 0 radical (unpaired) electrons. The SMILES string of the molecule is Cc1c(Oc2ncc(C(F)(F)F)cc2Cl)nn(C(=O)NC(C)C)c1C. The van der Waals surface area contributed by atoms with E-state index in [0.717, 1.165) is 4.68 Å². The van der Waals surface area contributed by atoms with E-state index in [-0.39, 0.29) is 22.8 Å². The fraction of sp³-hybridized carbons (Fsp3) is 0.400. The van der Waals surface area contributed by atoms with Gasteiger partial charge in [0.25, 0.3) is 0 Å². The van der Waals surface area contributed by atoms with E-state index in [2.05, 4.69) is 15.4 Å². The monoisotopic (exact) mass is 376 g/mol. The lowest BCUT2D eigenvalue weighted by Gasteiger charge is -2.09. The molecule has 2 aromatic heterocycles. The summed E-state index contributed by atoms with van der Waals surface area (Å²) in [6.45, 7) is 6.92. The maximum absolute atomic E-state index is 12.6.